The van der Waals surface area contributed by atoms with Crippen molar-refractivity contribution in [3.63, 3.8) is 0 Å². The summed E-state index contributed by atoms with van der Waals surface area (Å²) in [6.45, 7) is 9.63. The van der Waals surface area contributed by atoms with Crippen LogP contribution in [-0.2, 0) is 23.4 Å². The third kappa shape index (κ3) is 3.55. The Morgan fingerprint density at radius 1 is 1.06 bits per heavy atom. The SMILES string of the molecule is CC(=O)OC1(C(C)=O)CCC2C3CC(C)C4=CC(OP(=O)(O)O)CCC4(C)C3CCC21C. The van der Waals surface area contributed by atoms with Crippen LogP contribution < -0.4 is 0 Å². The summed E-state index contributed by atoms with van der Waals surface area (Å²) >= 11 is 0. The minimum absolute atomic E-state index is 0.0399. The number of rotatable bonds is 4. The van der Waals surface area contributed by atoms with Crippen LogP contribution in [0.4, 0.5) is 0 Å². The van der Waals surface area contributed by atoms with Crippen LogP contribution in [0.1, 0.15) is 79.6 Å². The van der Waals surface area contributed by atoms with Gasteiger partial charge in [0.25, 0.3) is 0 Å². The van der Waals surface area contributed by atoms with Crippen LogP contribution in [0.5, 0.6) is 0 Å². The highest BCUT2D eigenvalue weighted by Gasteiger charge is 2.68. The Morgan fingerprint density at radius 3 is 2.31 bits per heavy atom. The van der Waals surface area contributed by atoms with E-state index in [4.69, 9.17) is 9.26 Å². The van der Waals surface area contributed by atoms with Crippen molar-refractivity contribution in [2.24, 2.45) is 34.5 Å². The molecule has 0 radical (unpaired) electrons. The summed E-state index contributed by atoms with van der Waals surface area (Å²) in [5.74, 6) is 1.03. The zero-order valence-corrected chi connectivity index (χ0v) is 20.7. The maximum absolute atomic E-state index is 12.9. The van der Waals surface area contributed by atoms with Gasteiger partial charge in [-0.05, 0) is 81.0 Å². The second-order valence-corrected chi connectivity index (χ2v) is 12.4. The van der Waals surface area contributed by atoms with E-state index in [1.807, 2.05) is 6.08 Å². The number of esters is 1. The molecule has 0 heterocycles. The third-order valence-corrected chi connectivity index (χ3v) is 10.2. The standard InChI is InChI=1S/C24H37O7P/c1-14-12-18-19(22(4)9-6-17(13-21(14)22)31-32(27,28)29)7-10-23(5)20(18)8-11-24(23,15(2)25)30-16(3)26/h13-14,17-20H,6-12H2,1-5H3,(H2,27,28,29). The van der Waals surface area contributed by atoms with Gasteiger partial charge in [-0.15, -0.1) is 0 Å². The molecule has 32 heavy (non-hydrogen) atoms. The number of Topliss-reactive ketones (excluding diaryl/α,β-unsaturated/α-hetero) is 1. The zero-order chi connectivity index (χ0) is 23.7. The lowest BCUT2D eigenvalue weighted by molar-refractivity contribution is -0.187. The number of hydrogen-bond acceptors (Lipinski definition) is 5. The van der Waals surface area contributed by atoms with Crippen molar-refractivity contribution in [3.05, 3.63) is 11.6 Å². The van der Waals surface area contributed by atoms with Crippen molar-refractivity contribution in [2.45, 2.75) is 91.3 Å². The monoisotopic (exact) mass is 468 g/mol. The Labute approximate surface area is 190 Å². The average Bonchev–Trinajstić information content (AvgIpc) is 2.95. The van der Waals surface area contributed by atoms with Gasteiger partial charge in [0.15, 0.2) is 11.4 Å². The number of allylic oxidation sites excluding steroid dienone is 1. The maximum Gasteiger partial charge on any atom is 0.470 e. The van der Waals surface area contributed by atoms with Gasteiger partial charge in [0.05, 0.1) is 6.10 Å². The summed E-state index contributed by atoms with van der Waals surface area (Å²) in [6, 6.07) is 0. The lowest BCUT2D eigenvalue weighted by Crippen LogP contribution is -2.59. The van der Waals surface area contributed by atoms with Crippen molar-refractivity contribution in [3.8, 4) is 0 Å². The first-order chi connectivity index (χ1) is 14.7. The number of carbonyl (C=O) groups is 2. The van der Waals surface area contributed by atoms with Gasteiger partial charge in [-0.2, -0.15) is 0 Å². The summed E-state index contributed by atoms with van der Waals surface area (Å²) in [6.07, 6.45) is 7.10. The van der Waals surface area contributed by atoms with Crippen molar-refractivity contribution in [1.29, 1.82) is 0 Å². The van der Waals surface area contributed by atoms with Crippen LogP contribution >= 0.6 is 7.82 Å². The second kappa shape index (κ2) is 7.76. The fourth-order valence-electron chi connectivity index (χ4n) is 8.45. The van der Waals surface area contributed by atoms with Crippen molar-refractivity contribution >= 4 is 19.6 Å². The average molecular weight is 469 g/mol. The number of fused-ring (bicyclic) bond motifs is 5. The van der Waals surface area contributed by atoms with Gasteiger partial charge in [-0.3, -0.25) is 14.1 Å². The van der Waals surface area contributed by atoms with Gasteiger partial charge in [0.1, 0.15) is 0 Å². The number of ether oxygens (including phenoxy) is 1. The highest BCUT2D eigenvalue weighted by atomic mass is 31.2. The van der Waals surface area contributed by atoms with Gasteiger partial charge in [-0.1, -0.05) is 32.4 Å². The number of ketones is 1. The second-order valence-electron chi connectivity index (χ2n) is 11.2. The Balaban J connectivity index is 1.67. The van der Waals surface area contributed by atoms with E-state index in [-0.39, 0.29) is 28.5 Å². The Morgan fingerprint density at radius 2 is 1.72 bits per heavy atom. The molecule has 4 rings (SSSR count). The summed E-state index contributed by atoms with van der Waals surface area (Å²) in [5.41, 5.74) is -0.155. The summed E-state index contributed by atoms with van der Waals surface area (Å²) in [4.78, 5) is 43.4. The molecule has 180 valence electrons. The number of phosphoric ester groups is 1. The number of phosphoric acid groups is 1. The molecule has 8 unspecified atom stereocenters. The first-order valence-electron chi connectivity index (χ1n) is 11.9. The van der Waals surface area contributed by atoms with E-state index in [0.29, 0.717) is 30.6 Å². The third-order valence-electron chi connectivity index (χ3n) is 9.66. The van der Waals surface area contributed by atoms with Gasteiger partial charge in [0, 0.05) is 12.3 Å². The van der Waals surface area contributed by atoms with Crippen molar-refractivity contribution in [1.82, 2.24) is 0 Å². The first kappa shape index (κ1) is 24.1. The van der Waals surface area contributed by atoms with E-state index in [1.165, 1.54) is 12.5 Å². The molecule has 4 aliphatic carbocycles. The van der Waals surface area contributed by atoms with E-state index < -0.39 is 19.5 Å². The van der Waals surface area contributed by atoms with Crippen LogP contribution in [-0.4, -0.2) is 33.2 Å². The quantitative estimate of drug-likeness (QED) is 0.353. The van der Waals surface area contributed by atoms with Crippen LogP contribution in [0.2, 0.25) is 0 Å². The summed E-state index contributed by atoms with van der Waals surface area (Å²) in [5, 5.41) is 0. The van der Waals surface area contributed by atoms with Crippen molar-refractivity contribution < 1.29 is 33.2 Å². The summed E-state index contributed by atoms with van der Waals surface area (Å²) in [7, 11) is -4.53. The minimum atomic E-state index is -4.53. The molecular formula is C24H37O7P. The lowest BCUT2D eigenvalue weighted by Gasteiger charge is -2.60. The first-order valence-corrected chi connectivity index (χ1v) is 13.4. The highest BCUT2D eigenvalue weighted by Crippen LogP contribution is 2.69. The molecule has 4 aliphatic rings. The van der Waals surface area contributed by atoms with Gasteiger partial charge in [0.2, 0.25) is 0 Å². The van der Waals surface area contributed by atoms with E-state index in [1.54, 1.807) is 6.92 Å². The van der Waals surface area contributed by atoms with Gasteiger partial charge >= 0.3 is 13.8 Å². The summed E-state index contributed by atoms with van der Waals surface area (Å²) < 4.78 is 22.3. The molecule has 0 aliphatic heterocycles. The van der Waals surface area contributed by atoms with Crippen LogP contribution in [0.3, 0.4) is 0 Å². The van der Waals surface area contributed by atoms with Crippen LogP contribution in [0, 0.1) is 34.5 Å². The van der Waals surface area contributed by atoms with Gasteiger partial charge < -0.3 is 14.5 Å². The molecule has 0 aromatic carbocycles. The largest absolute Gasteiger partial charge is 0.470 e. The molecule has 8 heteroatoms. The molecule has 0 saturated heterocycles. The molecule has 0 aromatic heterocycles. The molecule has 3 saturated carbocycles. The molecule has 0 spiro atoms. The fraction of sp³-hybridized carbons (Fsp3) is 0.833. The molecular weight excluding hydrogens is 431 g/mol. The Kier molecular flexibility index (Phi) is 5.85. The molecule has 0 amide bonds. The number of carbonyl (C=O) groups excluding carboxylic acids is 2. The molecule has 7 nitrogen and oxygen atoms in total. The zero-order valence-electron chi connectivity index (χ0n) is 19.8. The minimum Gasteiger partial charge on any atom is -0.451 e. The topological polar surface area (TPSA) is 110 Å². The molecule has 3 fully saturated rings. The Hall–Kier alpha value is -1.01. The predicted octanol–water partition coefficient (Wildman–Crippen LogP) is 4.56. The number of hydrogen-bond donors (Lipinski definition) is 2. The van der Waals surface area contributed by atoms with E-state index in [0.717, 1.165) is 32.1 Å². The Bertz CT molecular complexity index is 893. The maximum atomic E-state index is 12.9. The normalized spacial score (nSPS) is 45.8. The van der Waals surface area contributed by atoms with E-state index >= 15 is 0 Å². The van der Waals surface area contributed by atoms with Crippen LogP contribution in [0.15, 0.2) is 11.6 Å². The predicted molar refractivity (Wildman–Crippen MR) is 118 cm³/mol. The molecule has 0 aromatic rings. The fourth-order valence-corrected chi connectivity index (χ4v) is 8.97. The smallest absolute Gasteiger partial charge is 0.451 e. The van der Waals surface area contributed by atoms with E-state index in [2.05, 4.69) is 20.8 Å². The molecule has 2 N–H and O–H groups in total. The molecule has 0 bridgehead atoms. The lowest BCUT2D eigenvalue weighted by atomic mass is 9.44. The van der Waals surface area contributed by atoms with Crippen molar-refractivity contribution in [2.75, 3.05) is 0 Å². The highest BCUT2D eigenvalue weighted by molar-refractivity contribution is 7.46. The van der Waals surface area contributed by atoms with Crippen LogP contribution in [0.25, 0.3) is 0 Å². The molecule has 8 atom stereocenters. The van der Waals surface area contributed by atoms with Gasteiger partial charge in [-0.25, -0.2) is 4.57 Å². The van der Waals surface area contributed by atoms with E-state index in [9.17, 15) is 23.9 Å².